The molecule has 0 aliphatic carbocycles. The topological polar surface area (TPSA) is 51.8 Å². The Hall–Kier alpha value is -2.76. The number of hydrogen-bond acceptors (Lipinski definition) is 1. The molecule has 0 bridgehead atoms. The minimum atomic E-state index is -7.13. The van der Waals surface area contributed by atoms with Crippen LogP contribution in [0.15, 0.2) is 60.7 Å². The van der Waals surface area contributed by atoms with Crippen LogP contribution < -0.4 is 0 Å². The number of hydrogen-bond donors (Lipinski definition) is 0. The van der Waals surface area contributed by atoms with Crippen LogP contribution in [0.5, 0.6) is 0 Å². The number of alkyl halides is 9. The highest BCUT2D eigenvalue weighted by atomic mass is 19.4. The minimum absolute atomic E-state index is 0. The Morgan fingerprint density at radius 2 is 1.00 bits per heavy atom. The second-order valence-electron chi connectivity index (χ2n) is 6.35. The van der Waals surface area contributed by atoms with E-state index in [9.17, 15) is 44.3 Å². The van der Waals surface area contributed by atoms with E-state index in [1.54, 1.807) is 0 Å². The van der Waals surface area contributed by atoms with Gasteiger partial charge in [-0.3, -0.25) is 4.79 Å². The third-order valence-corrected chi connectivity index (χ3v) is 4.13. The summed E-state index contributed by atoms with van der Waals surface area (Å²) in [5, 5.41) is 0. The lowest BCUT2D eigenvalue weighted by Gasteiger charge is -2.35. The zero-order chi connectivity index (χ0) is 22.8. The van der Waals surface area contributed by atoms with Gasteiger partial charge in [-0.2, -0.15) is 39.5 Å². The molecule has 2 aromatic rings. The van der Waals surface area contributed by atoms with Crippen molar-refractivity contribution in [2.24, 2.45) is 0 Å². The number of rotatable bonds is 7. The number of carbonyl (C=O) groups excluding carboxylic acids is 1. The van der Waals surface area contributed by atoms with Crippen LogP contribution in [-0.2, 0) is 17.9 Å². The summed E-state index contributed by atoms with van der Waals surface area (Å²) in [5.41, 5.74) is 0.340. The van der Waals surface area contributed by atoms with Gasteiger partial charge in [0.05, 0.1) is 0 Å². The zero-order valence-corrected chi connectivity index (χ0v) is 15.4. The summed E-state index contributed by atoms with van der Waals surface area (Å²) in [6.07, 6.45) is -7.00. The van der Waals surface area contributed by atoms with Gasteiger partial charge in [0.2, 0.25) is 0 Å². The fourth-order valence-electron chi connectivity index (χ4n) is 2.52. The smallest absolute Gasteiger partial charge is 0.412 e. The Labute approximate surface area is 170 Å². The van der Waals surface area contributed by atoms with E-state index in [0.29, 0.717) is 0 Å². The normalized spacial score (nSPS) is 12.8. The van der Waals surface area contributed by atoms with Crippen LogP contribution in [0.3, 0.4) is 0 Å². The van der Waals surface area contributed by atoms with Gasteiger partial charge in [-0.25, -0.2) is 0 Å². The van der Waals surface area contributed by atoms with Gasteiger partial charge in [0.25, 0.3) is 0 Å². The van der Waals surface area contributed by atoms with E-state index in [-0.39, 0.29) is 21.5 Å². The number of nitrogens with zero attached hydrogens (tertiary/aromatic N) is 1. The first-order chi connectivity index (χ1) is 13.7. The summed E-state index contributed by atoms with van der Waals surface area (Å²) in [5.74, 6) is -23.3. The number of carbonyl (C=O) groups is 1. The molecule has 0 aliphatic heterocycles. The molecule has 0 heterocycles. The molecule has 0 aromatic heterocycles. The monoisotopic (exact) mass is 461 g/mol. The lowest BCUT2D eigenvalue weighted by molar-refractivity contribution is -0.389. The number of benzene rings is 2. The first kappa shape index (κ1) is 26.3. The van der Waals surface area contributed by atoms with Crippen molar-refractivity contribution in [3.8, 4) is 0 Å². The SMILES string of the molecule is O.O=C(N(Cc1ccccc1)Cc1ccccc1)C(F)(F)C(F)(F)C(F)(F)C(F)(F)F. The molecule has 0 aliphatic rings. The summed E-state index contributed by atoms with van der Waals surface area (Å²) in [7, 11) is 0. The van der Waals surface area contributed by atoms with Crippen molar-refractivity contribution >= 4 is 5.91 Å². The van der Waals surface area contributed by atoms with E-state index in [2.05, 4.69) is 0 Å². The molecule has 0 saturated heterocycles. The molecule has 2 aromatic carbocycles. The van der Waals surface area contributed by atoms with E-state index < -0.39 is 42.9 Å². The Balaban J connectivity index is 0.00000480. The maximum atomic E-state index is 14.2. The van der Waals surface area contributed by atoms with Crippen molar-refractivity contribution in [2.75, 3.05) is 0 Å². The van der Waals surface area contributed by atoms with Crippen molar-refractivity contribution in [3.05, 3.63) is 71.8 Å². The van der Waals surface area contributed by atoms with Crippen LogP contribution >= 0.6 is 0 Å². The first-order valence-electron chi connectivity index (χ1n) is 8.29. The molecule has 2 rings (SSSR count). The predicted molar refractivity (Wildman–Crippen MR) is 91.6 cm³/mol. The third-order valence-electron chi connectivity index (χ3n) is 4.13. The van der Waals surface area contributed by atoms with E-state index in [4.69, 9.17) is 0 Å². The van der Waals surface area contributed by atoms with Crippen molar-refractivity contribution in [3.63, 3.8) is 0 Å². The molecule has 2 N–H and O–H groups in total. The van der Waals surface area contributed by atoms with Crippen LogP contribution in [0, 0.1) is 0 Å². The number of amides is 1. The quantitative estimate of drug-likeness (QED) is 0.544. The van der Waals surface area contributed by atoms with Crippen LogP contribution in [0.25, 0.3) is 0 Å². The Morgan fingerprint density at radius 1 is 0.645 bits per heavy atom. The third kappa shape index (κ3) is 5.12. The second-order valence-corrected chi connectivity index (χ2v) is 6.35. The fourth-order valence-corrected chi connectivity index (χ4v) is 2.52. The standard InChI is InChI=1S/C19H14F9NO.H2O/c20-16(21,17(22,23)18(24,25)19(26,27)28)15(30)29(11-13-7-3-1-4-8-13)12-14-9-5-2-6-10-14;/h1-10H,11-12H2;1H2. The molecule has 31 heavy (non-hydrogen) atoms. The molecule has 172 valence electrons. The Morgan fingerprint density at radius 3 is 1.32 bits per heavy atom. The van der Waals surface area contributed by atoms with E-state index >= 15 is 0 Å². The maximum Gasteiger partial charge on any atom is 0.460 e. The predicted octanol–water partition coefficient (Wildman–Crippen LogP) is 4.86. The van der Waals surface area contributed by atoms with Gasteiger partial charge in [-0.1, -0.05) is 60.7 Å². The second kappa shape index (κ2) is 9.16. The van der Waals surface area contributed by atoms with E-state index in [0.717, 1.165) is 0 Å². The summed E-state index contributed by atoms with van der Waals surface area (Å²) in [6, 6.07) is 14.2. The number of halogens is 9. The Kier molecular flexibility index (Phi) is 7.77. The van der Waals surface area contributed by atoms with Crippen LogP contribution in [-0.4, -0.2) is 40.2 Å². The largest absolute Gasteiger partial charge is 0.460 e. The van der Waals surface area contributed by atoms with Gasteiger partial charge < -0.3 is 10.4 Å². The van der Waals surface area contributed by atoms with Crippen LogP contribution in [0.4, 0.5) is 39.5 Å². The molecule has 0 fully saturated rings. The van der Waals surface area contributed by atoms with Crippen molar-refractivity contribution in [1.82, 2.24) is 4.90 Å². The molecule has 0 unspecified atom stereocenters. The molecule has 0 atom stereocenters. The zero-order valence-electron chi connectivity index (χ0n) is 15.4. The molecule has 0 saturated carbocycles. The van der Waals surface area contributed by atoms with Crippen LogP contribution in [0.1, 0.15) is 11.1 Å². The van der Waals surface area contributed by atoms with Crippen molar-refractivity contribution in [2.45, 2.75) is 37.0 Å². The summed E-state index contributed by atoms with van der Waals surface area (Å²) in [6.45, 7) is -1.45. The molecular formula is C19H16F9NO2. The lowest BCUT2D eigenvalue weighted by Crippen LogP contribution is -2.65. The van der Waals surface area contributed by atoms with Crippen LogP contribution in [0.2, 0.25) is 0 Å². The summed E-state index contributed by atoms with van der Waals surface area (Å²) >= 11 is 0. The molecule has 3 nitrogen and oxygen atoms in total. The maximum absolute atomic E-state index is 14.2. The van der Waals surface area contributed by atoms with E-state index in [1.807, 2.05) is 0 Å². The molecular weight excluding hydrogens is 445 g/mol. The van der Waals surface area contributed by atoms with Gasteiger partial charge in [0, 0.05) is 13.1 Å². The van der Waals surface area contributed by atoms with Gasteiger partial charge in [-0.05, 0) is 11.1 Å². The molecule has 0 spiro atoms. The molecule has 1 amide bonds. The average molecular weight is 461 g/mol. The highest BCUT2D eigenvalue weighted by Crippen LogP contribution is 2.53. The Bertz CT molecular complexity index is 814. The highest BCUT2D eigenvalue weighted by molar-refractivity contribution is 5.85. The lowest BCUT2D eigenvalue weighted by atomic mass is 10.0. The highest BCUT2D eigenvalue weighted by Gasteiger charge is 2.84. The fraction of sp³-hybridized carbons (Fsp3) is 0.316. The molecule has 12 heteroatoms. The first-order valence-corrected chi connectivity index (χ1v) is 8.29. The van der Waals surface area contributed by atoms with Crippen molar-refractivity contribution < 1.29 is 49.8 Å². The molecule has 0 radical (unpaired) electrons. The van der Waals surface area contributed by atoms with Gasteiger partial charge >= 0.3 is 29.9 Å². The summed E-state index contributed by atoms with van der Waals surface area (Å²) in [4.78, 5) is 12.3. The minimum Gasteiger partial charge on any atom is -0.412 e. The van der Waals surface area contributed by atoms with Crippen molar-refractivity contribution in [1.29, 1.82) is 0 Å². The van der Waals surface area contributed by atoms with E-state index in [1.165, 1.54) is 60.7 Å². The van der Waals surface area contributed by atoms with Gasteiger partial charge in [0.1, 0.15) is 0 Å². The average Bonchev–Trinajstić information content (AvgIpc) is 2.67. The van der Waals surface area contributed by atoms with Gasteiger partial charge in [0.15, 0.2) is 0 Å². The van der Waals surface area contributed by atoms with Gasteiger partial charge in [-0.15, -0.1) is 0 Å². The summed E-state index contributed by atoms with van der Waals surface area (Å²) < 4.78 is 119.